The number of aldehydes is 1. The third-order valence-corrected chi connectivity index (χ3v) is 1.03. The number of urea groups is 1. The fraction of sp³-hybridized carbons (Fsp3) is 0.400. The largest absolute Gasteiger partial charge is 0.331 e. The van der Waals surface area contributed by atoms with Crippen LogP contribution in [0.2, 0.25) is 0 Å². The zero-order valence-electron chi connectivity index (χ0n) is 5.26. The molecule has 0 aromatic carbocycles. The fourth-order valence-electron chi connectivity index (χ4n) is 0.626. The van der Waals surface area contributed by atoms with E-state index in [0.717, 1.165) is 0 Å². The number of hydrogen-bond donors (Lipinski definition) is 2. The van der Waals surface area contributed by atoms with Gasteiger partial charge >= 0.3 is 6.03 Å². The quantitative estimate of drug-likeness (QED) is 0.479. The van der Waals surface area contributed by atoms with Crippen molar-refractivity contribution in [2.24, 2.45) is 4.99 Å². The molecule has 54 valence electrons. The Morgan fingerprint density at radius 2 is 2.50 bits per heavy atom. The minimum atomic E-state index is -0.260. The van der Waals surface area contributed by atoms with Crippen molar-refractivity contribution >= 4 is 18.2 Å². The van der Waals surface area contributed by atoms with Gasteiger partial charge in [0.15, 0.2) is 0 Å². The van der Waals surface area contributed by atoms with E-state index in [9.17, 15) is 9.59 Å². The predicted molar refractivity (Wildman–Crippen MR) is 34.9 cm³/mol. The smallest absolute Gasteiger partial charge is 0.320 e. The molecule has 0 radical (unpaired) electrons. The van der Waals surface area contributed by atoms with Crippen LogP contribution in [-0.4, -0.2) is 31.2 Å². The average Bonchev–Trinajstić information content (AvgIpc) is 2.31. The van der Waals surface area contributed by atoms with E-state index in [2.05, 4.69) is 15.6 Å². The molecule has 1 heterocycles. The molecule has 0 spiro atoms. The second-order valence-electron chi connectivity index (χ2n) is 1.76. The van der Waals surface area contributed by atoms with Crippen molar-refractivity contribution in [1.29, 1.82) is 0 Å². The van der Waals surface area contributed by atoms with Gasteiger partial charge in [-0.3, -0.25) is 10.3 Å². The van der Waals surface area contributed by atoms with E-state index >= 15 is 0 Å². The Morgan fingerprint density at radius 3 is 3.00 bits per heavy atom. The maximum Gasteiger partial charge on any atom is 0.320 e. The molecule has 0 aromatic heterocycles. The van der Waals surface area contributed by atoms with Crippen molar-refractivity contribution < 1.29 is 9.59 Å². The number of hydrogen-bond acceptors (Lipinski definition) is 3. The third-order valence-electron chi connectivity index (χ3n) is 1.03. The molecule has 0 bridgehead atoms. The summed E-state index contributed by atoms with van der Waals surface area (Å²) in [5, 5.41) is 4.91. The molecule has 10 heavy (non-hydrogen) atoms. The van der Waals surface area contributed by atoms with Crippen LogP contribution in [0.1, 0.15) is 0 Å². The van der Waals surface area contributed by atoms with Gasteiger partial charge in [0, 0.05) is 0 Å². The molecule has 1 aliphatic heterocycles. The third kappa shape index (κ3) is 1.54. The molecular weight excluding hydrogens is 134 g/mol. The van der Waals surface area contributed by atoms with Gasteiger partial charge in [0.1, 0.15) is 12.1 Å². The topological polar surface area (TPSA) is 70.6 Å². The molecule has 0 aliphatic carbocycles. The lowest BCUT2D eigenvalue weighted by atomic mass is 10.6. The van der Waals surface area contributed by atoms with E-state index in [0.29, 0.717) is 18.7 Å². The van der Waals surface area contributed by atoms with E-state index in [4.69, 9.17) is 0 Å². The van der Waals surface area contributed by atoms with Crippen LogP contribution in [0.3, 0.4) is 0 Å². The molecule has 2 amide bonds. The lowest BCUT2D eigenvalue weighted by Crippen LogP contribution is -2.22. The summed E-state index contributed by atoms with van der Waals surface area (Å²) in [7, 11) is 0. The first-order chi connectivity index (χ1) is 4.83. The number of amides is 2. The molecule has 1 aliphatic rings. The highest BCUT2D eigenvalue weighted by Gasteiger charge is 2.12. The Balaban J connectivity index is 2.43. The molecule has 0 aromatic rings. The number of carbonyl (C=O) groups is 2. The van der Waals surface area contributed by atoms with Crippen molar-refractivity contribution in [3.05, 3.63) is 0 Å². The van der Waals surface area contributed by atoms with Crippen molar-refractivity contribution in [2.45, 2.75) is 0 Å². The highest BCUT2D eigenvalue weighted by atomic mass is 16.2. The van der Waals surface area contributed by atoms with Crippen LogP contribution in [0.4, 0.5) is 4.79 Å². The van der Waals surface area contributed by atoms with Gasteiger partial charge in [0.2, 0.25) is 0 Å². The zero-order chi connectivity index (χ0) is 7.40. The van der Waals surface area contributed by atoms with Crippen molar-refractivity contribution in [3.8, 4) is 0 Å². The van der Waals surface area contributed by atoms with E-state index in [1.54, 1.807) is 0 Å². The van der Waals surface area contributed by atoms with Crippen molar-refractivity contribution in [3.63, 3.8) is 0 Å². The summed E-state index contributed by atoms with van der Waals surface area (Å²) >= 11 is 0. The number of amidine groups is 1. The van der Waals surface area contributed by atoms with E-state index in [1.165, 1.54) is 0 Å². The predicted octanol–water partition coefficient (Wildman–Crippen LogP) is -1.10. The Bertz CT molecular complexity index is 187. The molecule has 0 saturated carbocycles. The first kappa shape index (κ1) is 6.73. The molecule has 2 N–H and O–H groups in total. The zero-order valence-corrected chi connectivity index (χ0v) is 5.26. The van der Waals surface area contributed by atoms with Crippen LogP contribution in [0.25, 0.3) is 0 Å². The van der Waals surface area contributed by atoms with Crippen LogP contribution in [-0.2, 0) is 4.79 Å². The van der Waals surface area contributed by atoms with Crippen LogP contribution < -0.4 is 10.6 Å². The molecule has 0 atom stereocenters. The number of carbonyl (C=O) groups excluding carboxylic acids is 2. The molecule has 1 rings (SSSR count). The van der Waals surface area contributed by atoms with Gasteiger partial charge in [0.05, 0.1) is 13.1 Å². The highest BCUT2D eigenvalue weighted by molar-refractivity contribution is 6.05. The molecule has 5 heteroatoms. The van der Waals surface area contributed by atoms with E-state index in [1.807, 2.05) is 0 Å². The summed E-state index contributed by atoms with van der Waals surface area (Å²) in [6.07, 6.45) is 0.678. The van der Waals surface area contributed by atoms with Gasteiger partial charge in [-0.1, -0.05) is 0 Å². The minimum absolute atomic E-state index is 0.108. The fourth-order valence-corrected chi connectivity index (χ4v) is 0.626. The van der Waals surface area contributed by atoms with Crippen LogP contribution in [0.5, 0.6) is 0 Å². The number of nitrogens with zero attached hydrogens (tertiary/aromatic N) is 1. The highest BCUT2D eigenvalue weighted by Crippen LogP contribution is 1.81. The number of aliphatic imine (C=N–C) groups is 1. The maximum absolute atomic E-state index is 10.4. The van der Waals surface area contributed by atoms with Gasteiger partial charge in [-0.15, -0.1) is 0 Å². The summed E-state index contributed by atoms with van der Waals surface area (Å²) in [6, 6.07) is -0.260. The van der Waals surface area contributed by atoms with Gasteiger partial charge in [-0.25, -0.2) is 4.79 Å². The second-order valence-corrected chi connectivity index (χ2v) is 1.76. The Morgan fingerprint density at radius 1 is 1.70 bits per heavy atom. The summed E-state index contributed by atoms with van der Waals surface area (Å²) in [5.74, 6) is 0.525. The summed E-state index contributed by atoms with van der Waals surface area (Å²) in [6.45, 7) is 0.504. The molecule has 1 fully saturated rings. The lowest BCUT2D eigenvalue weighted by molar-refractivity contribution is -0.106. The summed E-state index contributed by atoms with van der Waals surface area (Å²) in [5.41, 5.74) is 0. The molecular formula is C5H7N3O2. The SMILES string of the molecule is O=CCN=C1CNC(=O)N1. The number of rotatable bonds is 2. The van der Waals surface area contributed by atoms with Crippen LogP contribution in [0, 0.1) is 0 Å². The Kier molecular flexibility index (Phi) is 1.99. The first-order valence-electron chi connectivity index (χ1n) is 2.85. The van der Waals surface area contributed by atoms with Crippen molar-refractivity contribution in [2.75, 3.05) is 13.1 Å². The average molecular weight is 141 g/mol. The monoisotopic (exact) mass is 141 g/mol. The van der Waals surface area contributed by atoms with E-state index < -0.39 is 0 Å². The lowest BCUT2D eigenvalue weighted by Gasteiger charge is -1.88. The van der Waals surface area contributed by atoms with E-state index in [-0.39, 0.29) is 12.6 Å². The minimum Gasteiger partial charge on any atom is -0.331 e. The summed E-state index contributed by atoms with van der Waals surface area (Å²) in [4.78, 5) is 24.0. The van der Waals surface area contributed by atoms with Gasteiger partial charge in [-0.2, -0.15) is 0 Å². The normalized spacial score (nSPS) is 20.4. The summed E-state index contributed by atoms with van der Waals surface area (Å²) < 4.78 is 0. The van der Waals surface area contributed by atoms with Gasteiger partial charge in [0.25, 0.3) is 0 Å². The Hall–Kier alpha value is -1.39. The maximum atomic E-state index is 10.4. The van der Waals surface area contributed by atoms with Crippen LogP contribution in [0.15, 0.2) is 4.99 Å². The first-order valence-corrected chi connectivity index (χ1v) is 2.85. The second kappa shape index (κ2) is 2.95. The Labute approximate surface area is 57.5 Å². The molecule has 1 saturated heterocycles. The standard InChI is InChI=1S/C5H7N3O2/c9-2-1-6-4-3-7-5(10)8-4/h2H,1,3H2,(H2,6,7,8,10). The molecule has 5 nitrogen and oxygen atoms in total. The van der Waals surface area contributed by atoms with Crippen LogP contribution >= 0.6 is 0 Å². The van der Waals surface area contributed by atoms with Gasteiger partial charge < -0.3 is 10.1 Å². The van der Waals surface area contributed by atoms with Crippen molar-refractivity contribution in [1.82, 2.24) is 10.6 Å². The molecule has 0 unspecified atom stereocenters. The number of nitrogens with one attached hydrogen (secondary N) is 2. The van der Waals surface area contributed by atoms with Gasteiger partial charge in [-0.05, 0) is 0 Å².